The van der Waals surface area contributed by atoms with Crippen LogP contribution in [0.2, 0.25) is 0 Å². The molecule has 2 aromatic rings. The Labute approximate surface area is 160 Å². The minimum atomic E-state index is -0.552. The van der Waals surface area contributed by atoms with Gasteiger partial charge in [-0.25, -0.2) is 0 Å². The number of carbonyl (C=O) groups excluding carboxylic acids is 1. The molecule has 6 heteroatoms. The lowest BCUT2D eigenvalue weighted by Crippen LogP contribution is -2.39. The number of nitrogens with zero attached hydrogens (tertiary/aromatic N) is 1. The molecule has 2 rings (SSSR count). The molecule has 0 N–H and O–H groups in total. The lowest BCUT2D eigenvalue weighted by atomic mass is 10.1. The zero-order valence-corrected chi connectivity index (χ0v) is 16.5. The van der Waals surface area contributed by atoms with Crippen LogP contribution in [0.5, 0.6) is 23.0 Å². The number of benzene rings is 2. The Bertz CT molecular complexity index is 745. The highest BCUT2D eigenvalue weighted by atomic mass is 16.5. The third-order valence-electron chi connectivity index (χ3n) is 4.23. The molecule has 1 amide bonds. The van der Waals surface area contributed by atoms with Gasteiger partial charge in [-0.3, -0.25) is 4.79 Å². The van der Waals surface area contributed by atoms with Crippen molar-refractivity contribution in [1.82, 2.24) is 4.90 Å². The molecule has 0 saturated carbocycles. The first-order valence-electron chi connectivity index (χ1n) is 8.79. The molecular formula is C21H27NO5. The quantitative estimate of drug-likeness (QED) is 0.673. The number of ether oxygens (including phenoxy) is 4. The summed E-state index contributed by atoms with van der Waals surface area (Å²) in [4.78, 5) is 14.5. The maximum Gasteiger partial charge on any atom is 0.263 e. The summed E-state index contributed by atoms with van der Waals surface area (Å²) < 4.78 is 21.6. The molecule has 0 heterocycles. The molecule has 0 aliphatic rings. The van der Waals surface area contributed by atoms with Crippen LogP contribution in [-0.2, 0) is 11.3 Å². The number of hydrogen-bond acceptors (Lipinski definition) is 5. The maximum absolute atomic E-state index is 12.8. The zero-order chi connectivity index (χ0) is 19.8. The Morgan fingerprint density at radius 2 is 1.56 bits per heavy atom. The minimum absolute atomic E-state index is 0.0805. The van der Waals surface area contributed by atoms with Crippen molar-refractivity contribution in [3.63, 3.8) is 0 Å². The molecule has 0 bridgehead atoms. The van der Waals surface area contributed by atoms with Gasteiger partial charge >= 0.3 is 0 Å². The molecule has 0 saturated heterocycles. The van der Waals surface area contributed by atoms with E-state index < -0.39 is 6.10 Å². The van der Waals surface area contributed by atoms with Crippen LogP contribution >= 0.6 is 0 Å². The fourth-order valence-corrected chi connectivity index (χ4v) is 2.70. The van der Waals surface area contributed by atoms with E-state index in [1.54, 1.807) is 57.5 Å². The summed E-state index contributed by atoms with van der Waals surface area (Å²) in [5.41, 5.74) is 0.947. The molecule has 1 unspecified atom stereocenters. The first kappa shape index (κ1) is 20.4. The second-order valence-electron chi connectivity index (χ2n) is 6.07. The van der Waals surface area contributed by atoms with E-state index in [0.717, 1.165) is 11.3 Å². The standard InChI is InChI=1S/C21H27NO5/c1-6-18(27-17-10-8-16(24-3)9-11-17)21(23)22(2)14-15-7-12-19(25-4)20(13-15)26-5/h7-13,18H,6,14H2,1-5H3. The number of likely N-dealkylation sites (N-methyl/N-ethyl adjacent to an activating group) is 1. The molecule has 1 atom stereocenters. The molecular weight excluding hydrogens is 346 g/mol. The Hall–Kier alpha value is -2.89. The Morgan fingerprint density at radius 1 is 0.926 bits per heavy atom. The molecule has 146 valence electrons. The molecule has 27 heavy (non-hydrogen) atoms. The summed E-state index contributed by atoms with van der Waals surface area (Å²) in [5, 5.41) is 0. The maximum atomic E-state index is 12.8. The van der Waals surface area contributed by atoms with E-state index in [1.807, 2.05) is 25.1 Å². The summed E-state index contributed by atoms with van der Waals surface area (Å²) in [6.07, 6.45) is 0.0183. The van der Waals surface area contributed by atoms with E-state index in [1.165, 1.54) is 0 Å². The van der Waals surface area contributed by atoms with Crippen LogP contribution in [0.25, 0.3) is 0 Å². The lowest BCUT2D eigenvalue weighted by molar-refractivity contribution is -0.138. The van der Waals surface area contributed by atoms with Gasteiger partial charge in [0, 0.05) is 13.6 Å². The highest BCUT2D eigenvalue weighted by Gasteiger charge is 2.22. The van der Waals surface area contributed by atoms with E-state index in [0.29, 0.717) is 30.2 Å². The Kier molecular flexibility index (Phi) is 7.34. The van der Waals surface area contributed by atoms with Gasteiger partial charge in [0.2, 0.25) is 0 Å². The number of carbonyl (C=O) groups is 1. The van der Waals surface area contributed by atoms with Crippen LogP contribution in [0.4, 0.5) is 0 Å². The van der Waals surface area contributed by atoms with E-state index in [9.17, 15) is 4.79 Å². The van der Waals surface area contributed by atoms with Crippen LogP contribution in [-0.4, -0.2) is 45.3 Å². The number of methoxy groups -OCH3 is 3. The molecule has 0 radical (unpaired) electrons. The van der Waals surface area contributed by atoms with Gasteiger partial charge in [-0.15, -0.1) is 0 Å². The summed E-state index contributed by atoms with van der Waals surface area (Å²) in [6, 6.07) is 12.8. The fourth-order valence-electron chi connectivity index (χ4n) is 2.70. The summed E-state index contributed by atoms with van der Waals surface area (Å²) in [6.45, 7) is 2.37. The molecule has 0 spiro atoms. The molecule has 0 aliphatic carbocycles. The third-order valence-corrected chi connectivity index (χ3v) is 4.23. The normalized spacial score (nSPS) is 11.4. The SMILES string of the molecule is CCC(Oc1ccc(OC)cc1)C(=O)N(C)Cc1ccc(OC)c(OC)c1. The topological polar surface area (TPSA) is 57.2 Å². The van der Waals surface area contributed by atoms with Crippen molar-refractivity contribution >= 4 is 5.91 Å². The van der Waals surface area contributed by atoms with Crippen molar-refractivity contribution in [1.29, 1.82) is 0 Å². The van der Waals surface area contributed by atoms with E-state index in [4.69, 9.17) is 18.9 Å². The van der Waals surface area contributed by atoms with Crippen LogP contribution in [0.15, 0.2) is 42.5 Å². The van der Waals surface area contributed by atoms with Crippen molar-refractivity contribution in [2.24, 2.45) is 0 Å². The van der Waals surface area contributed by atoms with Crippen molar-refractivity contribution < 1.29 is 23.7 Å². The lowest BCUT2D eigenvalue weighted by Gasteiger charge is -2.24. The van der Waals surface area contributed by atoms with Gasteiger partial charge < -0.3 is 23.8 Å². The zero-order valence-electron chi connectivity index (χ0n) is 16.5. The van der Waals surface area contributed by atoms with Crippen LogP contribution in [0.1, 0.15) is 18.9 Å². The first-order valence-corrected chi connectivity index (χ1v) is 8.79. The summed E-state index contributed by atoms with van der Waals surface area (Å²) >= 11 is 0. The Morgan fingerprint density at radius 3 is 2.11 bits per heavy atom. The predicted octanol–water partition coefficient (Wildman–Crippen LogP) is 3.53. The molecule has 0 fully saturated rings. The molecule has 0 aliphatic heterocycles. The van der Waals surface area contributed by atoms with E-state index in [2.05, 4.69) is 0 Å². The van der Waals surface area contributed by atoms with E-state index in [-0.39, 0.29) is 5.91 Å². The van der Waals surface area contributed by atoms with Crippen molar-refractivity contribution in [3.8, 4) is 23.0 Å². The number of hydrogen-bond donors (Lipinski definition) is 0. The number of amides is 1. The van der Waals surface area contributed by atoms with Crippen LogP contribution in [0, 0.1) is 0 Å². The third kappa shape index (κ3) is 5.29. The Balaban J connectivity index is 2.05. The second-order valence-corrected chi connectivity index (χ2v) is 6.07. The van der Waals surface area contributed by atoms with Gasteiger partial charge in [0.15, 0.2) is 17.6 Å². The van der Waals surface area contributed by atoms with Crippen molar-refractivity contribution in [2.75, 3.05) is 28.4 Å². The van der Waals surface area contributed by atoms with E-state index >= 15 is 0 Å². The van der Waals surface area contributed by atoms with Gasteiger partial charge in [0.05, 0.1) is 21.3 Å². The van der Waals surface area contributed by atoms with Crippen molar-refractivity contribution in [3.05, 3.63) is 48.0 Å². The molecule has 0 aromatic heterocycles. The van der Waals surface area contributed by atoms with Gasteiger partial charge in [-0.1, -0.05) is 13.0 Å². The minimum Gasteiger partial charge on any atom is -0.497 e. The largest absolute Gasteiger partial charge is 0.497 e. The summed E-state index contributed by atoms with van der Waals surface area (Å²) in [7, 11) is 6.55. The van der Waals surface area contributed by atoms with Gasteiger partial charge in [0.1, 0.15) is 11.5 Å². The molecule has 6 nitrogen and oxygen atoms in total. The fraction of sp³-hybridized carbons (Fsp3) is 0.381. The van der Waals surface area contributed by atoms with Crippen LogP contribution < -0.4 is 18.9 Å². The predicted molar refractivity (Wildman–Crippen MR) is 104 cm³/mol. The summed E-state index contributed by atoms with van der Waals surface area (Å²) in [5.74, 6) is 2.59. The average molecular weight is 373 g/mol. The second kappa shape index (κ2) is 9.71. The molecule has 2 aromatic carbocycles. The van der Waals surface area contributed by atoms with Gasteiger partial charge in [-0.2, -0.15) is 0 Å². The monoisotopic (exact) mass is 373 g/mol. The smallest absolute Gasteiger partial charge is 0.263 e. The highest BCUT2D eigenvalue weighted by Crippen LogP contribution is 2.28. The van der Waals surface area contributed by atoms with Crippen LogP contribution in [0.3, 0.4) is 0 Å². The highest BCUT2D eigenvalue weighted by molar-refractivity contribution is 5.81. The number of rotatable bonds is 9. The average Bonchev–Trinajstić information content (AvgIpc) is 2.71. The van der Waals surface area contributed by atoms with Gasteiger partial charge in [-0.05, 0) is 48.4 Å². The van der Waals surface area contributed by atoms with Gasteiger partial charge in [0.25, 0.3) is 5.91 Å². The van der Waals surface area contributed by atoms with Crippen molar-refractivity contribution in [2.45, 2.75) is 26.0 Å². The first-order chi connectivity index (χ1) is 13.0.